The zero-order valence-corrected chi connectivity index (χ0v) is 15.6. The lowest BCUT2D eigenvalue weighted by molar-refractivity contribution is 0.0698. The first-order valence-corrected chi connectivity index (χ1v) is 8.66. The number of guanidine groups is 1. The van der Waals surface area contributed by atoms with Crippen molar-refractivity contribution in [2.24, 2.45) is 4.99 Å². The van der Waals surface area contributed by atoms with Crippen LogP contribution in [0.2, 0.25) is 0 Å². The molecule has 0 heterocycles. The zero-order valence-electron chi connectivity index (χ0n) is 15.6. The Morgan fingerprint density at radius 3 is 2.52 bits per heavy atom. The summed E-state index contributed by atoms with van der Waals surface area (Å²) in [5, 5.41) is 6.50. The van der Waals surface area contributed by atoms with E-state index >= 15 is 0 Å². The van der Waals surface area contributed by atoms with Gasteiger partial charge in [-0.25, -0.2) is 4.39 Å². The van der Waals surface area contributed by atoms with Crippen LogP contribution in [0.4, 0.5) is 10.1 Å². The summed E-state index contributed by atoms with van der Waals surface area (Å²) >= 11 is 0. The van der Waals surface area contributed by atoms with Gasteiger partial charge in [0.25, 0.3) is 0 Å². The molecule has 0 aromatic heterocycles. The van der Waals surface area contributed by atoms with Crippen molar-refractivity contribution in [2.75, 3.05) is 65.6 Å². The van der Waals surface area contributed by atoms with E-state index in [2.05, 4.69) is 15.6 Å². The van der Waals surface area contributed by atoms with Crippen LogP contribution in [0.25, 0.3) is 0 Å². The first-order valence-electron chi connectivity index (χ1n) is 8.66. The highest BCUT2D eigenvalue weighted by atomic mass is 19.1. The molecular weight excluding hydrogens is 323 g/mol. The molecule has 0 saturated carbocycles. The van der Waals surface area contributed by atoms with E-state index in [0.717, 1.165) is 38.4 Å². The Morgan fingerprint density at radius 2 is 1.84 bits per heavy atom. The minimum atomic E-state index is -0.192. The summed E-state index contributed by atoms with van der Waals surface area (Å²) < 4.78 is 24.0. The van der Waals surface area contributed by atoms with E-state index in [1.807, 2.05) is 18.0 Å². The van der Waals surface area contributed by atoms with Crippen LogP contribution in [0.5, 0.6) is 0 Å². The van der Waals surface area contributed by atoms with E-state index in [-0.39, 0.29) is 5.82 Å². The lowest BCUT2D eigenvalue weighted by atomic mass is 10.2. The highest BCUT2D eigenvalue weighted by Gasteiger charge is 2.06. The number of hydrogen-bond donors (Lipinski definition) is 2. The predicted molar refractivity (Wildman–Crippen MR) is 101 cm³/mol. The SMILES string of the molecule is CN=C(NCCCOCCOC)NCCCN(C)c1ccccc1F. The van der Waals surface area contributed by atoms with E-state index in [1.165, 1.54) is 6.07 Å². The Bertz CT molecular complexity index is 500. The van der Waals surface area contributed by atoms with Gasteiger partial charge in [-0.05, 0) is 25.0 Å². The molecule has 0 unspecified atom stereocenters. The maximum Gasteiger partial charge on any atom is 0.190 e. The molecule has 2 N–H and O–H groups in total. The topological polar surface area (TPSA) is 58.1 Å². The average Bonchev–Trinajstić information content (AvgIpc) is 2.62. The van der Waals surface area contributed by atoms with Crippen LogP contribution in [0, 0.1) is 5.82 Å². The number of aliphatic imine (C=N–C) groups is 1. The summed E-state index contributed by atoms with van der Waals surface area (Å²) in [6.07, 6.45) is 1.78. The summed E-state index contributed by atoms with van der Waals surface area (Å²) in [6, 6.07) is 6.82. The Kier molecular flexibility index (Phi) is 11.4. The van der Waals surface area contributed by atoms with Gasteiger partial charge in [-0.15, -0.1) is 0 Å². The van der Waals surface area contributed by atoms with Crippen LogP contribution in [-0.2, 0) is 9.47 Å². The molecule has 1 aromatic carbocycles. The van der Waals surface area contributed by atoms with Crippen molar-refractivity contribution < 1.29 is 13.9 Å². The molecule has 0 aliphatic carbocycles. The summed E-state index contributed by atoms with van der Waals surface area (Å²) in [5.41, 5.74) is 0.624. The summed E-state index contributed by atoms with van der Waals surface area (Å²) in [6.45, 7) is 4.26. The number of rotatable bonds is 12. The zero-order chi connectivity index (χ0) is 18.3. The first-order chi connectivity index (χ1) is 12.2. The lowest BCUT2D eigenvalue weighted by Gasteiger charge is -2.20. The number of benzene rings is 1. The van der Waals surface area contributed by atoms with E-state index in [4.69, 9.17) is 9.47 Å². The van der Waals surface area contributed by atoms with Gasteiger partial charge in [0, 0.05) is 47.4 Å². The third kappa shape index (κ3) is 9.26. The molecule has 7 heteroatoms. The summed E-state index contributed by atoms with van der Waals surface area (Å²) in [5.74, 6) is 0.577. The van der Waals surface area contributed by atoms with Gasteiger partial charge in [0.2, 0.25) is 0 Å². The van der Waals surface area contributed by atoms with Crippen LogP contribution in [0.15, 0.2) is 29.3 Å². The van der Waals surface area contributed by atoms with Crippen molar-refractivity contribution in [3.63, 3.8) is 0 Å². The Balaban J connectivity index is 2.12. The number of halogens is 1. The maximum atomic E-state index is 13.7. The molecule has 0 atom stereocenters. The molecular formula is C18H31FN4O2. The average molecular weight is 354 g/mol. The molecule has 25 heavy (non-hydrogen) atoms. The number of nitrogens with zero attached hydrogens (tertiary/aromatic N) is 2. The highest BCUT2D eigenvalue weighted by molar-refractivity contribution is 5.79. The van der Waals surface area contributed by atoms with Gasteiger partial charge in [-0.2, -0.15) is 0 Å². The fraction of sp³-hybridized carbons (Fsp3) is 0.611. The van der Waals surface area contributed by atoms with Gasteiger partial charge in [-0.3, -0.25) is 4.99 Å². The number of nitrogens with one attached hydrogen (secondary N) is 2. The monoisotopic (exact) mass is 354 g/mol. The molecule has 142 valence electrons. The van der Waals surface area contributed by atoms with E-state index < -0.39 is 0 Å². The molecule has 0 amide bonds. The molecule has 0 spiro atoms. The predicted octanol–water partition coefficient (Wildman–Crippen LogP) is 1.87. The number of anilines is 1. The van der Waals surface area contributed by atoms with Crippen LogP contribution in [0.1, 0.15) is 12.8 Å². The highest BCUT2D eigenvalue weighted by Crippen LogP contribution is 2.16. The van der Waals surface area contributed by atoms with Gasteiger partial charge in [0.15, 0.2) is 5.96 Å². The van der Waals surface area contributed by atoms with Gasteiger partial charge in [0.1, 0.15) is 5.82 Å². The number of hydrogen-bond acceptors (Lipinski definition) is 4. The maximum absolute atomic E-state index is 13.7. The number of ether oxygens (including phenoxy) is 2. The van der Waals surface area contributed by atoms with Gasteiger partial charge in [0.05, 0.1) is 18.9 Å². The molecule has 0 radical (unpaired) electrons. The Morgan fingerprint density at radius 1 is 1.12 bits per heavy atom. The standard InChI is InChI=1S/C18H31FN4O2/c1-20-18(22-11-7-13-25-15-14-24-3)21-10-6-12-23(2)17-9-5-4-8-16(17)19/h4-5,8-9H,6-7,10-15H2,1-3H3,(H2,20,21,22). The Hall–Kier alpha value is -1.86. The third-order valence-electron chi connectivity index (χ3n) is 3.64. The molecule has 1 aromatic rings. The molecule has 1 rings (SSSR count). The van der Waals surface area contributed by atoms with Crippen molar-refractivity contribution in [1.82, 2.24) is 10.6 Å². The van der Waals surface area contributed by atoms with Gasteiger partial charge in [-0.1, -0.05) is 12.1 Å². The number of methoxy groups -OCH3 is 1. The molecule has 0 aliphatic rings. The largest absolute Gasteiger partial charge is 0.382 e. The van der Waals surface area contributed by atoms with E-state index in [9.17, 15) is 4.39 Å². The second-order valence-corrected chi connectivity index (χ2v) is 5.61. The fourth-order valence-electron chi connectivity index (χ4n) is 2.25. The van der Waals surface area contributed by atoms with Crippen LogP contribution >= 0.6 is 0 Å². The second-order valence-electron chi connectivity index (χ2n) is 5.61. The van der Waals surface area contributed by atoms with Crippen molar-refractivity contribution >= 4 is 11.6 Å². The van der Waals surface area contributed by atoms with Crippen LogP contribution in [-0.4, -0.2) is 66.6 Å². The molecule has 0 saturated heterocycles. The quantitative estimate of drug-likeness (QED) is 0.341. The fourth-order valence-corrected chi connectivity index (χ4v) is 2.25. The number of para-hydroxylation sites is 1. The normalized spacial score (nSPS) is 11.4. The summed E-state index contributed by atoms with van der Waals surface area (Å²) in [7, 11) is 5.31. The molecule has 0 aliphatic heterocycles. The van der Waals surface area contributed by atoms with Crippen LogP contribution < -0.4 is 15.5 Å². The van der Waals surface area contributed by atoms with Crippen LogP contribution in [0.3, 0.4) is 0 Å². The third-order valence-corrected chi connectivity index (χ3v) is 3.64. The molecule has 6 nitrogen and oxygen atoms in total. The van der Waals surface area contributed by atoms with Crippen molar-refractivity contribution in [2.45, 2.75) is 12.8 Å². The lowest BCUT2D eigenvalue weighted by Crippen LogP contribution is -2.39. The second kappa shape index (κ2) is 13.4. The minimum Gasteiger partial charge on any atom is -0.382 e. The van der Waals surface area contributed by atoms with E-state index in [0.29, 0.717) is 25.5 Å². The van der Waals surface area contributed by atoms with Crippen molar-refractivity contribution in [1.29, 1.82) is 0 Å². The minimum absolute atomic E-state index is 0.192. The Labute approximate surface area is 150 Å². The van der Waals surface area contributed by atoms with E-state index in [1.54, 1.807) is 26.3 Å². The smallest absolute Gasteiger partial charge is 0.190 e. The first kappa shape index (κ1) is 21.2. The molecule has 0 bridgehead atoms. The van der Waals surface area contributed by atoms with Crippen molar-refractivity contribution in [3.05, 3.63) is 30.1 Å². The van der Waals surface area contributed by atoms with Gasteiger partial charge >= 0.3 is 0 Å². The molecule has 0 fully saturated rings. The summed E-state index contributed by atoms with van der Waals surface area (Å²) in [4.78, 5) is 6.11. The van der Waals surface area contributed by atoms with Gasteiger partial charge < -0.3 is 25.0 Å². The van der Waals surface area contributed by atoms with Crippen molar-refractivity contribution in [3.8, 4) is 0 Å².